The number of alkyl halides is 3. The molecule has 6 nitrogen and oxygen atoms in total. The monoisotopic (exact) mass is 420 g/mol. The average Bonchev–Trinajstić information content (AvgIpc) is 2.59. The number of halogens is 4. The van der Waals surface area contributed by atoms with E-state index in [2.05, 4.69) is 28.6 Å². The fraction of sp³-hybridized carbons (Fsp3) is 0.250. The van der Waals surface area contributed by atoms with Crippen LogP contribution in [0, 0.1) is 0 Å². The zero-order valence-corrected chi connectivity index (χ0v) is 15.9. The molecule has 0 spiro atoms. The number of rotatable bonds is 6. The number of carbonyl (C=O) groups excluding carboxylic acids is 1. The number of hydrogen-bond donors (Lipinski definition) is 3. The molecular weight excluding hydrogens is 405 g/mol. The van der Waals surface area contributed by atoms with E-state index < -0.39 is 17.6 Å². The van der Waals surface area contributed by atoms with Gasteiger partial charge in [-0.2, -0.15) is 13.2 Å². The summed E-state index contributed by atoms with van der Waals surface area (Å²) in [4.78, 5) is 20.9. The van der Waals surface area contributed by atoms with Crippen LogP contribution in [0.2, 0.25) is 5.15 Å². The van der Waals surface area contributed by atoms with E-state index in [1.54, 1.807) is 6.92 Å². The Morgan fingerprint density at radius 1 is 1.33 bits per heavy atom. The fourth-order valence-corrected chi connectivity index (χ4v) is 2.46. The third kappa shape index (κ3) is 5.41. The summed E-state index contributed by atoms with van der Waals surface area (Å²) >= 11 is 9.98. The largest absolute Gasteiger partial charge is 0.416 e. The number of hydroxylamine groups is 1. The molecular formula is C16H16ClF3N4O2S. The Morgan fingerprint density at radius 2 is 2.04 bits per heavy atom. The minimum absolute atomic E-state index is 0.0955. The molecule has 1 amide bonds. The quantitative estimate of drug-likeness (QED) is 0.366. The molecule has 0 aliphatic carbocycles. The maximum Gasteiger partial charge on any atom is 0.416 e. The summed E-state index contributed by atoms with van der Waals surface area (Å²) in [5, 5.41) is 3.00. The molecule has 1 aromatic carbocycles. The Hall–Kier alpha value is -2.17. The Balaban J connectivity index is 2.44. The summed E-state index contributed by atoms with van der Waals surface area (Å²) in [6.45, 7) is 1.94. The van der Waals surface area contributed by atoms with Crippen molar-refractivity contribution in [2.24, 2.45) is 0 Å². The van der Waals surface area contributed by atoms with Gasteiger partial charge in [0.15, 0.2) is 0 Å². The zero-order valence-electron chi connectivity index (χ0n) is 14.3. The Morgan fingerprint density at radius 3 is 2.63 bits per heavy atom. The molecule has 0 saturated carbocycles. The van der Waals surface area contributed by atoms with Crippen molar-refractivity contribution in [3.8, 4) is 0 Å². The van der Waals surface area contributed by atoms with Crippen LogP contribution in [0.5, 0.6) is 0 Å². The molecule has 0 unspecified atom stereocenters. The van der Waals surface area contributed by atoms with Gasteiger partial charge in [0.25, 0.3) is 5.91 Å². The fourth-order valence-electron chi connectivity index (χ4n) is 2.13. The van der Waals surface area contributed by atoms with E-state index in [4.69, 9.17) is 16.4 Å². The smallest absolute Gasteiger partial charge is 0.353 e. The molecule has 0 radical (unpaired) electrons. The lowest BCUT2D eigenvalue weighted by Crippen LogP contribution is -2.24. The summed E-state index contributed by atoms with van der Waals surface area (Å²) in [6.07, 6.45) is -3.27. The molecule has 0 aliphatic heterocycles. The van der Waals surface area contributed by atoms with E-state index in [0.717, 1.165) is 12.1 Å². The zero-order chi connectivity index (χ0) is 20.2. The molecule has 1 aromatic heterocycles. The SMILES string of the molecule is CCONC(=O)c1cnc(Cl)cc1Nc1ccc(C(F)(F)F)cc1N(C)S. The van der Waals surface area contributed by atoms with Gasteiger partial charge in [0, 0.05) is 13.2 Å². The lowest BCUT2D eigenvalue weighted by Gasteiger charge is -2.20. The normalized spacial score (nSPS) is 11.2. The van der Waals surface area contributed by atoms with Gasteiger partial charge >= 0.3 is 6.18 Å². The second-order valence-electron chi connectivity index (χ2n) is 5.30. The average molecular weight is 421 g/mol. The number of nitrogens with one attached hydrogen (secondary N) is 2. The van der Waals surface area contributed by atoms with Crippen LogP contribution in [0.1, 0.15) is 22.8 Å². The molecule has 27 heavy (non-hydrogen) atoms. The van der Waals surface area contributed by atoms with Crippen molar-refractivity contribution >= 4 is 47.4 Å². The molecule has 2 aromatic rings. The van der Waals surface area contributed by atoms with Gasteiger partial charge in [-0.1, -0.05) is 24.4 Å². The molecule has 146 valence electrons. The molecule has 1 heterocycles. The van der Waals surface area contributed by atoms with Crippen molar-refractivity contribution in [2.75, 3.05) is 23.3 Å². The lowest BCUT2D eigenvalue weighted by molar-refractivity contribution is -0.137. The van der Waals surface area contributed by atoms with Gasteiger partial charge < -0.3 is 9.62 Å². The highest BCUT2D eigenvalue weighted by Crippen LogP contribution is 2.37. The van der Waals surface area contributed by atoms with Gasteiger partial charge in [-0.05, 0) is 31.2 Å². The van der Waals surface area contributed by atoms with Crippen LogP contribution in [0.4, 0.5) is 30.2 Å². The highest BCUT2D eigenvalue weighted by Gasteiger charge is 2.31. The number of anilines is 3. The number of amides is 1. The molecule has 0 saturated heterocycles. The summed E-state index contributed by atoms with van der Waals surface area (Å²) < 4.78 is 40.1. The van der Waals surface area contributed by atoms with E-state index in [9.17, 15) is 18.0 Å². The van der Waals surface area contributed by atoms with Crippen LogP contribution >= 0.6 is 24.4 Å². The number of benzene rings is 1. The Labute approximate surface area is 164 Å². The lowest BCUT2D eigenvalue weighted by atomic mass is 10.1. The van der Waals surface area contributed by atoms with E-state index in [1.165, 1.54) is 29.7 Å². The van der Waals surface area contributed by atoms with Crippen LogP contribution in [-0.4, -0.2) is 24.5 Å². The van der Waals surface area contributed by atoms with Crippen LogP contribution < -0.4 is 15.1 Å². The van der Waals surface area contributed by atoms with Gasteiger partial charge in [0.2, 0.25) is 0 Å². The number of aromatic nitrogens is 1. The van der Waals surface area contributed by atoms with Crippen LogP contribution in [-0.2, 0) is 11.0 Å². The van der Waals surface area contributed by atoms with E-state index in [0.29, 0.717) is 0 Å². The number of pyridine rings is 1. The van der Waals surface area contributed by atoms with Gasteiger partial charge in [0.05, 0.1) is 34.8 Å². The van der Waals surface area contributed by atoms with E-state index in [1.807, 2.05) is 0 Å². The maximum absolute atomic E-state index is 13.0. The number of thiol groups is 1. The topological polar surface area (TPSA) is 66.5 Å². The number of hydrogen-bond acceptors (Lipinski definition) is 6. The van der Waals surface area contributed by atoms with Crippen LogP contribution in [0.3, 0.4) is 0 Å². The standard InChI is InChI=1S/C16H16ClF3N4O2S/c1-3-26-23-15(25)10-8-21-14(17)7-12(10)22-11-5-4-9(16(18,19)20)6-13(11)24(2)27/h4-8,27H,3H2,1-2H3,(H,21,22)(H,23,25). The molecule has 2 rings (SSSR count). The third-order valence-corrected chi connectivity index (χ3v) is 3.79. The van der Waals surface area contributed by atoms with Crippen molar-refractivity contribution < 1.29 is 22.8 Å². The molecule has 0 fully saturated rings. The first kappa shape index (κ1) is 21.1. The number of nitrogens with zero attached hydrogens (tertiary/aromatic N) is 2. The minimum Gasteiger partial charge on any atom is -0.353 e. The predicted octanol–water partition coefficient (Wildman–Crippen LogP) is 4.46. The van der Waals surface area contributed by atoms with Gasteiger partial charge in [-0.25, -0.2) is 10.5 Å². The summed E-state index contributed by atoms with van der Waals surface area (Å²) in [5.41, 5.74) is 2.17. The van der Waals surface area contributed by atoms with Crippen LogP contribution in [0.15, 0.2) is 30.5 Å². The molecule has 0 atom stereocenters. The molecule has 0 aliphatic rings. The molecule has 11 heteroatoms. The second-order valence-corrected chi connectivity index (χ2v) is 6.28. The van der Waals surface area contributed by atoms with Crippen molar-refractivity contribution in [1.29, 1.82) is 0 Å². The van der Waals surface area contributed by atoms with Crippen molar-refractivity contribution in [3.05, 3.63) is 46.7 Å². The van der Waals surface area contributed by atoms with Crippen molar-refractivity contribution in [1.82, 2.24) is 10.5 Å². The molecule has 0 bridgehead atoms. The second kappa shape index (κ2) is 8.68. The van der Waals surface area contributed by atoms with Crippen molar-refractivity contribution in [2.45, 2.75) is 13.1 Å². The number of carbonyl (C=O) groups is 1. The Kier molecular flexibility index (Phi) is 6.79. The highest BCUT2D eigenvalue weighted by molar-refractivity contribution is 7.81. The van der Waals surface area contributed by atoms with Gasteiger partial charge in [-0.15, -0.1) is 0 Å². The van der Waals surface area contributed by atoms with Gasteiger partial charge in [0.1, 0.15) is 5.15 Å². The summed E-state index contributed by atoms with van der Waals surface area (Å²) in [6, 6.07) is 4.48. The van der Waals surface area contributed by atoms with Gasteiger partial charge in [-0.3, -0.25) is 9.63 Å². The van der Waals surface area contributed by atoms with E-state index in [-0.39, 0.29) is 34.4 Å². The van der Waals surface area contributed by atoms with Crippen LogP contribution in [0.25, 0.3) is 0 Å². The summed E-state index contributed by atoms with van der Waals surface area (Å²) in [5.74, 6) is -0.587. The first-order chi connectivity index (χ1) is 12.6. The third-order valence-electron chi connectivity index (χ3n) is 3.37. The predicted molar refractivity (Wildman–Crippen MR) is 100 cm³/mol. The maximum atomic E-state index is 13.0. The van der Waals surface area contributed by atoms with Crippen molar-refractivity contribution in [3.63, 3.8) is 0 Å². The first-order valence-electron chi connectivity index (χ1n) is 7.62. The molecule has 2 N–H and O–H groups in total. The summed E-state index contributed by atoms with van der Waals surface area (Å²) in [7, 11) is 1.48. The van der Waals surface area contributed by atoms with E-state index >= 15 is 0 Å². The first-order valence-corrected chi connectivity index (χ1v) is 8.39. The Bertz CT molecular complexity index is 834. The minimum atomic E-state index is -4.50. The highest BCUT2D eigenvalue weighted by atomic mass is 35.5.